The number of methoxy groups -OCH3 is 1. The van der Waals surface area contributed by atoms with Gasteiger partial charge in [0.25, 0.3) is 0 Å². The molecule has 130 valence electrons. The minimum atomic E-state index is 0.128. The van der Waals surface area contributed by atoms with Gasteiger partial charge in [-0.25, -0.2) is 0 Å². The summed E-state index contributed by atoms with van der Waals surface area (Å²) in [5, 5.41) is 3.42. The maximum absolute atomic E-state index is 6.10. The Hall–Kier alpha value is -2.20. The summed E-state index contributed by atoms with van der Waals surface area (Å²) in [4.78, 5) is 0. The zero-order chi connectivity index (χ0) is 17.2. The number of rotatable bonds is 10. The van der Waals surface area contributed by atoms with Crippen LogP contribution < -0.4 is 14.8 Å². The van der Waals surface area contributed by atoms with Gasteiger partial charge in [-0.2, -0.15) is 0 Å². The van der Waals surface area contributed by atoms with Gasteiger partial charge in [-0.1, -0.05) is 25.1 Å². The molecule has 0 unspecified atom stereocenters. The average Bonchev–Trinajstić information content (AvgIpc) is 2.61. The highest BCUT2D eigenvalue weighted by Crippen LogP contribution is 2.20. The SMILES string of the molecule is CC[C@@H](CNc1ccc(OCCOC)cc1)Oc1ccccc1C. The van der Waals surface area contributed by atoms with Crippen molar-refractivity contribution in [1.29, 1.82) is 0 Å². The van der Waals surface area contributed by atoms with Crippen molar-refractivity contribution in [3.05, 3.63) is 54.1 Å². The standard InChI is InChI=1S/C20H27NO3/c1-4-18(24-20-8-6-5-7-16(20)2)15-21-17-9-11-19(12-10-17)23-14-13-22-3/h5-12,18,21H,4,13-15H2,1-3H3/t18-/m0/s1. The van der Waals surface area contributed by atoms with Gasteiger partial charge in [0.1, 0.15) is 24.2 Å². The number of anilines is 1. The quantitative estimate of drug-likeness (QED) is 0.660. The van der Waals surface area contributed by atoms with Crippen molar-refractivity contribution in [2.75, 3.05) is 32.2 Å². The number of hydrogen-bond acceptors (Lipinski definition) is 4. The van der Waals surface area contributed by atoms with Gasteiger partial charge in [0, 0.05) is 12.8 Å². The molecule has 24 heavy (non-hydrogen) atoms. The molecule has 0 aromatic heterocycles. The molecule has 0 aliphatic heterocycles. The lowest BCUT2D eigenvalue weighted by atomic mass is 10.2. The fourth-order valence-corrected chi connectivity index (χ4v) is 2.28. The summed E-state index contributed by atoms with van der Waals surface area (Å²) in [7, 11) is 1.67. The normalized spacial score (nSPS) is 11.8. The molecule has 0 fully saturated rings. The Bertz CT molecular complexity index is 598. The molecule has 1 atom stereocenters. The van der Waals surface area contributed by atoms with Crippen LogP contribution in [0.1, 0.15) is 18.9 Å². The predicted octanol–water partition coefficient (Wildman–Crippen LogP) is 4.29. The topological polar surface area (TPSA) is 39.7 Å². The maximum Gasteiger partial charge on any atom is 0.122 e. The number of aryl methyl sites for hydroxylation is 1. The third kappa shape index (κ3) is 5.78. The van der Waals surface area contributed by atoms with Crippen molar-refractivity contribution in [2.45, 2.75) is 26.4 Å². The largest absolute Gasteiger partial charge is 0.491 e. The molecule has 0 spiro atoms. The number of nitrogens with one attached hydrogen (secondary N) is 1. The average molecular weight is 329 g/mol. The van der Waals surface area contributed by atoms with Crippen molar-refractivity contribution in [2.24, 2.45) is 0 Å². The molecule has 0 aliphatic carbocycles. The molecule has 1 N–H and O–H groups in total. The Morgan fingerprint density at radius 2 is 1.75 bits per heavy atom. The van der Waals surface area contributed by atoms with Gasteiger partial charge in [-0.3, -0.25) is 0 Å². The molecule has 2 rings (SSSR count). The van der Waals surface area contributed by atoms with Crippen LogP contribution in [0.5, 0.6) is 11.5 Å². The second-order valence-electron chi connectivity index (χ2n) is 5.66. The Labute approximate surface area is 144 Å². The van der Waals surface area contributed by atoms with E-state index in [1.807, 2.05) is 42.5 Å². The molecule has 0 saturated carbocycles. The van der Waals surface area contributed by atoms with Gasteiger partial charge in [-0.15, -0.1) is 0 Å². The van der Waals surface area contributed by atoms with Crippen molar-refractivity contribution in [1.82, 2.24) is 0 Å². The molecule has 4 nitrogen and oxygen atoms in total. The summed E-state index contributed by atoms with van der Waals surface area (Å²) in [5.41, 5.74) is 2.22. The van der Waals surface area contributed by atoms with Crippen LogP contribution in [0.3, 0.4) is 0 Å². The first kappa shape index (κ1) is 18.1. The third-order valence-corrected chi connectivity index (χ3v) is 3.79. The van der Waals surface area contributed by atoms with E-state index in [0.717, 1.165) is 35.7 Å². The third-order valence-electron chi connectivity index (χ3n) is 3.79. The van der Waals surface area contributed by atoms with Gasteiger partial charge >= 0.3 is 0 Å². The lowest BCUT2D eigenvalue weighted by Gasteiger charge is -2.20. The van der Waals surface area contributed by atoms with Crippen LogP contribution in [0.15, 0.2) is 48.5 Å². The molecular weight excluding hydrogens is 302 g/mol. The molecule has 0 amide bonds. The summed E-state index contributed by atoms with van der Waals surface area (Å²) >= 11 is 0. The van der Waals surface area contributed by atoms with Gasteiger partial charge in [-0.05, 0) is 49.2 Å². The molecule has 0 heterocycles. The van der Waals surface area contributed by atoms with Crippen molar-refractivity contribution < 1.29 is 14.2 Å². The van der Waals surface area contributed by atoms with E-state index < -0.39 is 0 Å². The van der Waals surface area contributed by atoms with E-state index in [0.29, 0.717) is 13.2 Å². The van der Waals surface area contributed by atoms with E-state index in [1.165, 1.54) is 0 Å². The van der Waals surface area contributed by atoms with E-state index in [1.54, 1.807) is 7.11 Å². The highest BCUT2D eigenvalue weighted by Gasteiger charge is 2.09. The van der Waals surface area contributed by atoms with Gasteiger partial charge in [0.15, 0.2) is 0 Å². The van der Waals surface area contributed by atoms with Crippen LogP contribution in [0, 0.1) is 6.92 Å². The highest BCUT2D eigenvalue weighted by molar-refractivity contribution is 5.46. The van der Waals surface area contributed by atoms with E-state index in [9.17, 15) is 0 Å². The summed E-state index contributed by atoms with van der Waals surface area (Å²) < 4.78 is 16.6. The summed E-state index contributed by atoms with van der Waals surface area (Å²) in [6.07, 6.45) is 1.07. The Morgan fingerprint density at radius 3 is 2.42 bits per heavy atom. The zero-order valence-corrected chi connectivity index (χ0v) is 14.7. The molecule has 4 heteroatoms. The van der Waals surface area contributed by atoms with E-state index in [4.69, 9.17) is 14.2 Å². The summed E-state index contributed by atoms with van der Waals surface area (Å²) in [5.74, 6) is 1.80. The van der Waals surface area contributed by atoms with E-state index in [-0.39, 0.29) is 6.10 Å². The fraction of sp³-hybridized carbons (Fsp3) is 0.400. The molecule has 0 bridgehead atoms. The van der Waals surface area contributed by atoms with Crippen molar-refractivity contribution >= 4 is 5.69 Å². The molecule has 0 radical (unpaired) electrons. The minimum absolute atomic E-state index is 0.128. The van der Waals surface area contributed by atoms with Crippen LogP contribution in [-0.2, 0) is 4.74 Å². The van der Waals surface area contributed by atoms with Crippen LogP contribution in [0.2, 0.25) is 0 Å². The molecular formula is C20H27NO3. The highest BCUT2D eigenvalue weighted by atomic mass is 16.5. The van der Waals surface area contributed by atoms with Gasteiger partial charge < -0.3 is 19.5 Å². The Morgan fingerprint density at radius 1 is 1.00 bits per heavy atom. The Balaban J connectivity index is 1.83. The maximum atomic E-state index is 6.10. The first-order valence-electron chi connectivity index (χ1n) is 8.41. The first-order valence-corrected chi connectivity index (χ1v) is 8.41. The van der Waals surface area contributed by atoms with Gasteiger partial charge in [0.2, 0.25) is 0 Å². The van der Waals surface area contributed by atoms with Crippen molar-refractivity contribution in [3.8, 4) is 11.5 Å². The number of benzene rings is 2. The van der Waals surface area contributed by atoms with Crippen LogP contribution >= 0.6 is 0 Å². The lowest BCUT2D eigenvalue weighted by molar-refractivity contribution is 0.146. The minimum Gasteiger partial charge on any atom is -0.491 e. The van der Waals surface area contributed by atoms with Crippen LogP contribution in [-0.4, -0.2) is 33.0 Å². The second kappa shape index (κ2) is 9.83. The second-order valence-corrected chi connectivity index (χ2v) is 5.66. The zero-order valence-electron chi connectivity index (χ0n) is 14.7. The summed E-state index contributed by atoms with van der Waals surface area (Å²) in [6, 6.07) is 16.1. The molecule has 2 aromatic carbocycles. The first-order chi connectivity index (χ1) is 11.7. The predicted molar refractivity (Wildman–Crippen MR) is 98.2 cm³/mol. The number of ether oxygens (including phenoxy) is 3. The number of para-hydroxylation sites is 1. The smallest absolute Gasteiger partial charge is 0.122 e. The van der Waals surface area contributed by atoms with Crippen LogP contribution in [0.4, 0.5) is 5.69 Å². The molecule has 0 aliphatic rings. The van der Waals surface area contributed by atoms with E-state index in [2.05, 4.69) is 25.2 Å². The summed E-state index contributed by atoms with van der Waals surface area (Å²) in [6.45, 7) is 6.11. The van der Waals surface area contributed by atoms with Crippen molar-refractivity contribution in [3.63, 3.8) is 0 Å². The Kier molecular flexibility index (Phi) is 7.43. The van der Waals surface area contributed by atoms with Crippen LogP contribution in [0.25, 0.3) is 0 Å². The number of hydrogen-bond donors (Lipinski definition) is 1. The molecule has 0 saturated heterocycles. The monoisotopic (exact) mass is 329 g/mol. The van der Waals surface area contributed by atoms with Gasteiger partial charge in [0.05, 0.1) is 13.2 Å². The van der Waals surface area contributed by atoms with E-state index >= 15 is 0 Å². The fourth-order valence-electron chi connectivity index (χ4n) is 2.28. The lowest BCUT2D eigenvalue weighted by Crippen LogP contribution is -2.25. The molecule has 2 aromatic rings.